The predicted molar refractivity (Wildman–Crippen MR) is 42.5 cm³/mol. The number of hydrogen-bond acceptors (Lipinski definition) is 2. The normalized spacial score (nSPS) is 12.5. The topological polar surface area (TPSA) is 37.3 Å². The Kier molecular flexibility index (Phi) is 2.43. The van der Waals surface area contributed by atoms with Crippen molar-refractivity contribution in [3.05, 3.63) is 29.6 Å². The third-order valence-corrected chi connectivity index (χ3v) is 1.71. The minimum Gasteiger partial charge on any atom is -0.505 e. The standard InChI is InChI=1S/C9H9FO2/c1-6(5-11)7-3-2-4-8(10)9(7)12/h2-6,12H,1H3. The highest BCUT2D eigenvalue weighted by molar-refractivity contribution is 5.63. The van der Waals surface area contributed by atoms with Gasteiger partial charge in [-0.1, -0.05) is 19.1 Å². The van der Waals surface area contributed by atoms with Crippen molar-refractivity contribution in [1.82, 2.24) is 0 Å². The largest absolute Gasteiger partial charge is 0.505 e. The van der Waals surface area contributed by atoms with E-state index >= 15 is 0 Å². The second-order valence-electron chi connectivity index (χ2n) is 2.60. The minimum atomic E-state index is -0.693. The maximum Gasteiger partial charge on any atom is 0.165 e. The van der Waals surface area contributed by atoms with Gasteiger partial charge in [-0.2, -0.15) is 0 Å². The van der Waals surface area contributed by atoms with Crippen molar-refractivity contribution in [3.63, 3.8) is 0 Å². The van der Waals surface area contributed by atoms with Gasteiger partial charge in [-0.05, 0) is 6.07 Å². The number of benzene rings is 1. The molecule has 0 radical (unpaired) electrons. The summed E-state index contributed by atoms with van der Waals surface area (Å²) in [5.41, 5.74) is 0.324. The predicted octanol–water partition coefficient (Wildman–Crippen LogP) is 1.83. The van der Waals surface area contributed by atoms with E-state index in [0.717, 1.165) is 6.07 Å². The van der Waals surface area contributed by atoms with Gasteiger partial charge in [-0.25, -0.2) is 4.39 Å². The molecule has 0 aliphatic rings. The number of hydrogen-bond donors (Lipinski definition) is 1. The van der Waals surface area contributed by atoms with Crippen molar-refractivity contribution in [2.75, 3.05) is 0 Å². The van der Waals surface area contributed by atoms with Gasteiger partial charge >= 0.3 is 0 Å². The number of halogens is 1. The zero-order chi connectivity index (χ0) is 9.14. The third-order valence-electron chi connectivity index (χ3n) is 1.71. The van der Waals surface area contributed by atoms with Crippen LogP contribution in [0.3, 0.4) is 0 Å². The van der Waals surface area contributed by atoms with Crippen molar-refractivity contribution < 1.29 is 14.3 Å². The zero-order valence-corrected chi connectivity index (χ0v) is 6.62. The summed E-state index contributed by atoms with van der Waals surface area (Å²) in [5.74, 6) is -1.60. The highest BCUT2D eigenvalue weighted by Gasteiger charge is 2.11. The molecule has 1 atom stereocenters. The fourth-order valence-electron chi connectivity index (χ4n) is 0.973. The summed E-state index contributed by atoms with van der Waals surface area (Å²) in [5, 5.41) is 9.17. The first-order valence-corrected chi connectivity index (χ1v) is 3.59. The Bertz CT molecular complexity index is 297. The van der Waals surface area contributed by atoms with E-state index in [-0.39, 0.29) is 0 Å². The van der Waals surface area contributed by atoms with Crippen molar-refractivity contribution >= 4 is 6.29 Å². The summed E-state index contributed by atoms with van der Waals surface area (Å²) >= 11 is 0. The van der Waals surface area contributed by atoms with E-state index in [9.17, 15) is 9.18 Å². The highest BCUT2D eigenvalue weighted by Crippen LogP contribution is 2.26. The Morgan fingerprint density at radius 1 is 1.58 bits per heavy atom. The van der Waals surface area contributed by atoms with E-state index in [1.807, 2.05) is 0 Å². The Balaban J connectivity index is 3.15. The number of rotatable bonds is 2. The van der Waals surface area contributed by atoms with Gasteiger partial charge in [0.2, 0.25) is 0 Å². The molecule has 0 bridgehead atoms. The Labute approximate surface area is 69.6 Å². The third kappa shape index (κ3) is 1.44. The zero-order valence-electron chi connectivity index (χ0n) is 6.62. The lowest BCUT2D eigenvalue weighted by Gasteiger charge is -2.06. The lowest BCUT2D eigenvalue weighted by Crippen LogP contribution is -1.95. The average molecular weight is 168 g/mol. The van der Waals surface area contributed by atoms with Gasteiger partial charge < -0.3 is 9.90 Å². The van der Waals surface area contributed by atoms with Crippen LogP contribution in [0.25, 0.3) is 0 Å². The molecule has 12 heavy (non-hydrogen) atoms. The smallest absolute Gasteiger partial charge is 0.165 e. The molecule has 0 spiro atoms. The van der Waals surface area contributed by atoms with Crippen molar-refractivity contribution in [3.8, 4) is 5.75 Å². The van der Waals surface area contributed by atoms with Crippen LogP contribution in [0.4, 0.5) is 4.39 Å². The summed E-state index contributed by atoms with van der Waals surface area (Å²) < 4.78 is 12.7. The number of aldehydes is 1. The average Bonchev–Trinajstić information content (AvgIpc) is 2.08. The molecule has 2 nitrogen and oxygen atoms in total. The molecule has 0 saturated heterocycles. The van der Waals surface area contributed by atoms with Gasteiger partial charge in [0.1, 0.15) is 6.29 Å². The molecule has 0 amide bonds. The highest BCUT2D eigenvalue weighted by atomic mass is 19.1. The molecule has 3 heteroatoms. The summed E-state index contributed by atoms with van der Waals surface area (Å²) in [6.07, 6.45) is 0.661. The fourth-order valence-corrected chi connectivity index (χ4v) is 0.973. The Morgan fingerprint density at radius 2 is 2.25 bits per heavy atom. The molecule has 0 heterocycles. The number of phenols is 1. The molecule has 0 aliphatic carbocycles. The van der Waals surface area contributed by atoms with E-state index in [4.69, 9.17) is 5.11 Å². The molecular formula is C9H9FO2. The van der Waals surface area contributed by atoms with E-state index in [1.165, 1.54) is 12.1 Å². The summed E-state index contributed by atoms with van der Waals surface area (Å²) in [4.78, 5) is 10.3. The quantitative estimate of drug-likeness (QED) is 0.684. The van der Waals surface area contributed by atoms with Crippen LogP contribution in [0.5, 0.6) is 5.75 Å². The number of carbonyl (C=O) groups is 1. The lowest BCUT2D eigenvalue weighted by atomic mass is 10.0. The summed E-state index contributed by atoms with van der Waals surface area (Å²) in [6.45, 7) is 1.60. The number of aromatic hydroxyl groups is 1. The van der Waals surface area contributed by atoms with Gasteiger partial charge in [-0.15, -0.1) is 0 Å². The van der Waals surface area contributed by atoms with Crippen LogP contribution in [0.15, 0.2) is 18.2 Å². The second-order valence-corrected chi connectivity index (χ2v) is 2.60. The SMILES string of the molecule is CC(C=O)c1cccc(F)c1O. The molecule has 64 valence electrons. The van der Waals surface area contributed by atoms with E-state index < -0.39 is 17.5 Å². The molecule has 0 aliphatic heterocycles. The Morgan fingerprint density at radius 3 is 2.83 bits per heavy atom. The summed E-state index contributed by atoms with van der Waals surface area (Å²) in [6, 6.07) is 4.14. The molecule has 0 fully saturated rings. The first-order chi connectivity index (χ1) is 5.66. The molecule has 1 aromatic carbocycles. The van der Waals surface area contributed by atoms with Gasteiger partial charge in [0.15, 0.2) is 11.6 Å². The number of phenolic OH excluding ortho intramolecular Hbond substituents is 1. The molecular weight excluding hydrogens is 159 g/mol. The van der Waals surface area contributed by atoms with E-state index in [1.54, 1.807) is 6.92 Å². The number of carbonyl (C=O) groups excluding carboxylic acids is 1. The molecule has 1 unspecified atom stereocenters. The van der Waals surface area contributed by atoms with Crippen LogP contribution in [0, 0.1) is 5.82 Å². The van der Waals surface area contributed by atoms with E-state index in [0.29, 0.717) is 11.8 Å². The fraction of sp³-hybridized carbons (Fsp3) is 0.222. The van der Waals surface area contributed by atoms with Crippen LogP contribution in [-0.4, -0.2) is 11.4 Å². The second kappa shape index (κ2) is 3.34. The Hall–Kier alpha value is -1.38. The molecule has 1 N–H and O–H groups in total. The van der Waals surface area contributed by atoms with Crippen LogP contribution in [0.1, 0.15) is 18.4 Å². The molecule has 1 aromatic rings. The van der Waals surface area contributed by atoms with Gasteiger partial charge in [0.25, 0.3) is 0 Å². The molecule has 1 rings (SSSR count). The molecule has 0 saturated carbocycles. The van der Waals surface area contributed by atoms with Crippen LogP contribution >= 0.6 is 0 Å². The van der Waals surface area contributed by atoms with Gasteiger partial charge in [-0.3, -0.25) is 0 Å². The van der Waals surface area contributed by atoms with Crippen molar-refractivity contribution in [2.45, 2.75) is 12.8 Å². The maximum absolute atomic E-state index is 12.7. The first-order valence-electron chi connectivity index (χ1n) is 3.59. The minimum absolute atomic E-state index is 0.324. The lowest BCUT2D eigenvalue weighted by molar-refractivity contribution is -0.108. The van der Waals surface area contributed by atoms with Crippen molar-refractivity contribution in [1.29, 1.82) is 0 Å². The number of para-hydroxylation sites is 1. The summed E-state index contributed by atoms with van der Waals surface area (Å²) in [7, 11) is 0. The maximum atomic E-state index is 12.7. The monoisotopic (exact) mass is 168 g/mol. The van der Waals surface area contributed by atoms with Crippen LogP contribution < -0.4 is 0 Å². The first kappa shape index (κ1) is 8.71. The molecule has 0 aromatic heterocycles. The van der Waals surface area contributed by atoms with Crippen molar-refractivity contribution in [2.24, 2.45) is 0 Å². The van der Waals surface area contributed by atoms with Gasteiger partial charge in [0, 0.05) is 11.5 Å². The van der Waals surface area contributed by atoms with Crippen LogP contribution in [0.2, 0.25) is 0 Å². The van der Waals surface area contributed by atoms with Crippen LogP contribution in [-0.2, 0) is 4.79 Å². The van der Waals surface area contributed by atoms with Gasteiger partial charge in [0.05, 0.1) is 0 Å². The van der Waals surface area contributed by atoms with E-state index in [2.05, 4.69) is 0 Å².